The lowest BCUT2D eigenvalue weighted by molar-refractivity contribution is -0.256. The summed E-state index contributed by atoms with van der Waals surface area (Å²) in [5.41, 5.74) is 7.69. The third kappa shape index (κ3) is 4.82. The molecule has 5 saturated carbocycles. The van der Waals surface area contributed by atoms with Crippen LogP contribution in [0.25, 0.3) is 0 Å². The van der Waals surface area contributed by atoms with Gasteiger partial charge in [0.2, 0.25) is 0 Å². The number of nitrogens with zero attached hydrogens (tertiary/aromatic N) is 3. The van der Waals surface area contributed by atoms with Crippen LogP contribution >= 0.6 is 0 Å². The number of carbonyl (C=O) groups excluding carboxylic acids is 1. The zero-order chi connectivity index (χ0) is 36.8. The number of nitrogens with two attached hydrogens (primary N) is 1. The van der Waals surface area contributed by atoms with Gasteiger partial charge in [-0.2, -0.15) is 0 Å². The summed E-state index contributed by atoms with van der Waals surface area (Å²) in [6, 6.07) is 0. The van der Waals surface area contributed by atoms with E-state index < -0.39 is 11.6 Å². The lowest BCUT2D eigenvalue weighted by Crippen LogP contribution is -2.70. The van der Waals surface area contributed by atoms with Gasteiger partial charge in [-0.25, -0.2) is 4.79 Å². The standard InChI is InChI=1S/C42H70N4O6/c1-25(2)33(52-36(48)45-16-9-17-45)27-20-26(3)32-34(50-27)35(47)42(43)29-11-10-28-37(4,5)30(12-13-40(28)22-41(29,40)15-14-39(32,42)7)51-31-21-46(18-19-49-31)38(6)23-44(8)24-38/h25-35,47H,9-24,43H2,1-8H3/t26-,27?,28+,29?,30+,31+,32+,33-,34?,35+,39-,40-,41+,42+/m1/s1. The highest BCUT2D eigenvalue weighted by atomic mass is 16.7. The average molecular weight is 727 g/mol. The molecule has 4 aliphatic heterocycles. The first kappa shape index (κ1) is 36.6. The first-order valence-corrected chi connectivity index (χ1v) is 21.3. The van der Waals surface area contributed by atoms with Gasteiger partial charge in [0.05, 0.1) is 43.1 Å². The molecular weight excluding hydrogens is 656 g/mol. The second-order valence-electron chi connectivity index (χ2n) is 21.2. The van der Waals surface area contributed by atoms with E-state index in [4.69, 9.17) is 24.7 Å². The SMILES string of the molecule is CC(C)[C@@H](OC(=O)N1CCC1)C1C[C@@H](C)[C@H]2C(O1)[C@H](O)[C@@]1(N)C3CC[C@H]4C(C)(C)[C@@H](O[C@H]5CN(C6(C)CN(C)C6)CCO5)CC[C@@]45C[C@@]35CC[C@]21C. The fraction of sp³-hybridized carbons (Fsp3) is 0.976. The summed E-state index contributed by atoms with van der Waals surface area (Å²) >= 11 is 0. The molecule has 9 fully saturated rings. The van der Waals surface area contributed by atoms with E-state index in [1.807, 2.05) is 0 Å². The van der Waals surface area contributed by atoms with E-state index in [0.717, 1.165) is 84.4 Å². The molecule has 10 nitrogen and oxygen atoms in total. The minimum absolute atomic E-state index is 0.0356. The van der Waals surface area contributed by atoms with Gasteiger partial charge in [-0.3, -0.25) is 4.90 Å². The minimum Gasteiger partial charge on any atom is -0.443 e. The van der Waals surface area contributed by atoms with Crippen LogP contribution in [0, 0.1) is 51.2 Å². The molecule has 4 heterocycles. The van der Waals surface area contributed by atoms with Crippen molar-refractivity contribution < 1.29 is 28.8 Å². The molecule has 0 aromatic carbocycles. The Kier molecular flexibility index (Phi) is 8.45. The number of ether oxygens (including phenoxy) is 4. The molecule has 9 rings (SSSR count). The van der Waals surface area contributed by atoms with Crippen LogP contribution in [0.4, 0.5) is 4.79 Å². The summed E-state index contributed by atoms with van der Waals surface area (Å²) in [4.78, 5) is 19.8. The summed E-state index contributed by atoms with van der Waals surface area (Å²) in [6.07, 6.45) is 7.92. The van der Waals surface area contributed by atoms with Crippen LogP contribution in [0.3, 0.4) is 0 Å². The highest BCUT2D eigenvalue weighted by molar-refractivity contribution is 5.68. The summed E-state index contributed by atoms with van der Waals surface area (Å²) in [5, 5.41) is 12.6. The van der Waals surface area contributed by atoms with Crippen molar-refractivity contribution in [1.82, 2.24) is 14.7 Å². The van der Waals surface area contributed by atoms with Gasteiger partial charge in [-0.15, -0.1) is 0 Å². The Morgan fingerprint density at radius 2 is 1.69 bits per heavy atom. The number of likely N-dealkylation sites (tertiary alicyclic amines) is 2. The molecule has 3 unspecified atom stereocenters. The number of amides is 1. The number of rotatable bonds is 6. The molecule has 52 heavy (non-hydrogen) atoms. The zero-order valence-corrected chi connectivity index (χ0v) is 33.6. The van der Waals surface area contributed by atoms with Crippen LogP contribution in [-0.4, -0.2) is 127 Å². The Balaban J connectivity index is 0.925. The number of fused-ring (bicyclic) bond motifs is 4. The molecule has 294 valence electrons. The Hall–Kier alpha value is -1.01. The largest absolute Gasteiger partial charge is 0.443 e. The van der Waals surface area contributed by atoms with E-state index in [-0.39, 0.29) is 81.8 Å². The van der Waals surface area contributed by atoms with Crippen LogP contribution < -0.4 is 5.73 Å². The summed E-state index contributed by atoms with van der Waals surface area (Å²) in [5.74, 6) is 1.47. The number of carbonyl (C=O) groups is 1. The number of hydrogen-bond donors (Lipinski definition) is 2. The molecule has 10 heteroatoms. The van der Waals surface area contributed by atoms with Gasteiger partial charge in [0, 0.05) is 38.3 Å². The molecule has 0 aromatic heterocycles. The number of morpholine rings is 1. The molecule has 1 amide bonds. The lowest BCUT2D eigenvalue weighted by Gasteiger charge is -2.63. The summed E-state index contributed by atoms with van der Waals surface area (Å²) < 4.78 is 26.5. The number of likely N-dealkylation sites (N-methyl/N-ethyl adjacent to an activating group) is 1. The van der Waals surface area contributed by atoms with Crippen LogP contribution in [0.2, 0.25) is 0 Å². The maximum absolute atomic E-state index is 13.0. The highest BCUT2D eigenvalue weighted by Crippen LogP contribution is 2.87. The molecular formula is C42H70N4O6. The number of hydrogen-bond acceptors (Lipinski definition) is 9. The topological polar surface area (TPSA) is 110 Å². The molecule has 4 saturated heterocycles. The average Bonchev–Trinajstić information content (AvgIpc) is 3.68. The van der Waals surface area contributed by atoms with Crippen LogP contribution in [0.15, 0.2) is 0 Å². The Morgan fingerprint density at radius 1 is 0.981 bits per heavy atom. The Bertz CT molecular complexity index is 1420. The van der Waals surface area contributed by atoms with Crippen molar-refractivity contribution in [2.24, 2.45) is 57.0 Å². The smallest absolute Gasteiger partial charge is 0.410 e. The van der Waals surface area contributed by atoms with Gasteiger partial charge in [0.15, 0.2) is 6.29 Å². The number of aliphatic hydroxyl groups excluding tert-OH is 1. The van der Waals surface area contributed by atoms with E-state index in [2.05, 4.69) is 65.3 Å². The van der Waals surface area contributed by atoms with Gasteiger partial charge < -0.3 is 39.6 Å². The predicted molar refractivity (Wildman–Crippen MR) is 198 cm³/mol. The molecule has 3 N–H and O–H groups in total. The maximum Gasteiger partial charge on any atom is 0.410 e. The van der Waals surface area contributed by atoms with Gasteiger partial charge in [0.1, 0.15) is 6.10 Å². The van der Waals surface area contributed by atoms with Crippen molar-refractivity contribution in [2.75, 3.05) is 52.9 Å². The molecule has 0 bridgehead atoms. The van der Waals surface area contributed by atoms with Crippen LogP contribution in [0.5, 0.6) is 0 Å². The molecule has 0 aromatic rings. The second kappa shape index (κ2) is 12.0. The van der Waals surface area contributed by atoms with E-state index in [0.29, 0.717) is 11.8 Å². The minimum atomic E-state index is -0.737. The number of aliphatic hydroxyl groups is 1. The van der Waals surface area contributed by atoms with Gasteiger partial charge in [-0.1, -0.05) is 41.5 Å². The third-order valence-electron chi connectivity index (χ3n) is 18.0. The molecule has 14 atom stereocenters. The fourth-order valence-electron chi connectivity index (χ4n) is 15.4. The van der Waals surface area contributed by atoms with Crippen molar-refractivity contribution in [3.05, 3.63) is 0 Å². The van der Waals surface area contributed by atoms with Crippen LogP contribution in [0.1, 0.15) is 106 Å². The monoisotopic (exact) mass is 727 g/mol. The summed E-state index contributed by atoms with van der Waals surface area (Å²) in [6.45, 7) is 22.7. The molecule has 0 radical (unpaired) electrons. The van der Waals surface area contributed by atoms with Crippen molar-refractivity contribution in [1.29, 1.82) is 0 Å². The first-order chi connectivity index (χ1) is 24.5. The Morgan fingerprint density at radius 3 is 2.37 bits per heavy atom. The lowest BCUT2D eigenvalue weighted by atomic mass is 9.43. The molecule has 5 aliphatic carbocycles. The molecule has 2 spiro atoms. The predicted octanol–water partition coefficient (Wildman–Crippen LogP) is 5.11. The molecule has 9 aliphatic rings. The van der Waals surface area contributed by atoms with Crippen molar-refractivity contribution >= 4 is 6.09 Å². The van der Waals surface area contributed by atoms with Gasteiger partial charge in [-0.05, 0) is 123 Å². The van der Waals surface area contributed by atoms with E-state index in [9.17, 15) is 9.90 Å². The summed E-state index contributed by atoms with van der Waals surface area (Å²) in [7, 11) is 2.21. The normalized spacial score (nSPS) is 51.1. The van der Waals surface area contributed by atoms with Crippen molar-refractivity contribution in [2.45, 2.75) is 154 Å². The fourth-order valence-corrected chi connectivity index (χ4v) is 15.4. The van der Waals surface area contributed by atoms with Crippen LogP contribution in [-0.2, 0) is 18.9 Å². The quantitative estimate of drug-likeness (QED) is 0.386. The van der Waals surface area contributed by atoms with E-state index in [1.54, 1.807) is 4.90 Å². The second-order valence-corrected chi connectivity index (χ2v) is 21.2. The highest BCUT2D eigenvalue weighted by Gasteiger charge is 2.85. The van der Waals surface area contributed by atoms with E-state index >= 15 is 0 Å². The third-order valence-corrected chi connectivity index (χ3v) is 18.0. The van der Waals surface area contributed by atoms with Crippen molar-refractivity contribution in [3.8, 4) is 0 Å². The van der Waals surface area contributed by atoms with E-state index in [1.165, 1.54) is 19.3 Å². The van der Waals surface area contributed by atoms with Gasteiger partial charge in [0.25, 0.3) is 0 Å². The Labute approximate surface area is 313 Å². The maximum atomic E-state index is 13.0. The zero-order valence-electron chi connectivity index (χ0n) is 33.6. The van der Waals surface area contributed by atoms with Gasteiger partial charge >= 0.3 is 6.09 Å². The first-order valence-electron chi connectivity index (χ1n) is 21.3. The van der Waals surface area contributed by atoms with Crippen molar-refractivity contribution in [3.63, 3.8) is 0 Å².